The Morgan fingerprint density at radius 2 is 2.20 bits per heavy atom. The van der Waals surface area contributed by atoms with Crippen LogP contribution in [-0.4, -0.2) is 35.9 Å². The highest BCUT2D eigenvalue weighted by molar-refractivity contribution is 7.92. The fourth-order valence-corrected chi connectivity index (χ4v) is 5.35. The molecule has 7 heteroatoms. The topological polar surface area (TPSA) is 72.0 Å². The number of hydrogen-bond acceptors (Lipinski definition) is 6. The van der Waals surface area contributed by atoms with Crippen molar-refractivity contribution in [2.24, 2.45) is 0 Å². The summed E-state index contributed by atoms with van der Waals surface area (Å²) in [7, 11) is -2.92. The van der Waals surface area contributed by atoms with E-state index in [1.165, 1.54) is 0 Å². The summed E-state index contributed by atoms with van der Waals surface area (Å²) in [6.07, 6.45) is 1.51. The van der Waals surface area contributed by atoms with Gasteiger partial charge in [-0.05, 0) is 37.6 Å². The monoisotopic (exact) mass is 311 g/mol. The molecule has 1 atom stereocenters. The van der Waals surface area contributed by atoms with Crippen LogP contribution in [0, 0.1) is 13.8 Å². The van der Waals surface area contributed by atoms with Gasteiger partial charge in [-0.2, -0.15) is 0 Å². The fraction of sp³-hybridized carbons (Fsp3) is 0.538. The predicted octanol–water partition coefficient (Wildman–Crippen LogP) is 2.30. The lowest BCUT2D eigenvalue weighted by Crippen LogP contribution is -2.25. The van der Waals surface area contributed by atoms with Crippen molar-refractivity contribution in [1.82, 2.24) is 9.97 Å². The van der Waals surface area contributed by atoms with Gasteiger partial charge in [0.05, 0.1) is 16.4 Å². The molecule has 0 saturated carbocycles. The van der Waals surface area contributed by atoms with Crippen molar-refractivity contribution in [3.63, 3.8) is 0 Å². The SMILES string of the molecule is Cc1nc(NCC2CCCS2(=O)=O)c2c(C)csc2n1. The number of rotatable bonds is 3. The van der Waals surface area contributed by atoms with Crippen LogP contribution >= 0.6 is 11.3 Å². The van der Waals surface area contributed by atoms with E-state index in [1.807, 2.05) is 13.8 Å². The molecule has 1 N–H and O–H groups in total. The Labute approximate surface area is 122 Å². The molecule has 2 aromatic heterocycles. The Morgan fingerprint density at radius 3 is 2.90 bits per heavy atom. The van der Waals surface area contributed by atoms with Crippen LogP contribution in [0.1, 0.15) is 24.2 Å². The zero-order chi connectivity index (χ0) is 14.3. The van der Waals surface area contributed by atoms with Gasteiger partial charge in [0.15, 0.2) is 9.84 Å². The minimum atomic E-state index is -2.92. The largest absolute Gasteiger partial charge is 0.368 e. The molecule has 1 aliphatic rings. The Morgan fingerprint density at radius 1 is 1.40 bits per heavy atom. The van der Waals surface area contributed by atoms with Crippen molar-refractivity contribution in [3.05, 3.63) is 16.8 Å². The molecule has 3 rings (SSSR count). The van der Waals surface area contributed by atoms with Crippen molar-refractivity contribution in [2.75, 3.05) is 17.6 Å². The average Bonchev–Trinajstić information content (AvgIpc) is 2.90. The first-order valence-electron chi connectivity index (χ1n) is 6.65. The highest BCUT2D eigenvalue weighted by Crippen LogP contribution is 2.30. The number of aromatic nitrogens is 2. The van der Waals surface area contributed by atoms with Crippen LogP contribution in [0.5, 0.6) is 0 Å². The van der Waals surface area contributed by atoms with Crippen molar-refractivity contribution in [2.45, 2.75) is 31.9 Å². The molecule has 0 amide bonds. The average molecular weight is 311 g/mol. The third kappa shape index (κ3) is 2.40. The molecule has 0 radical (unpaired) electrons. The summed E-state index contributed by atoms with van der Waals surface area (Å²) in [4.78, 5) is 9.80. The maximum Gasteiger partial charge on any atom is 0.154 e. The first-order chi connectivity index (χ1) is 9.47. The predicted molar refractivity (Wildman–Crippen MR) is 82.2 cm³/mol. The second kappa shape index (κ2) is 4.96. The van der Waals surface area contributed by atoms with Crippen molar-refractivity contribution < 1.29 is 8.42 Å². The van der Waals surface area contributed by atoms with Crippen LogP contribution in [0.15, 0.2) is 5.38 Å². The molecule has 5 nitrogen and oxygen atoms in total. The van der Waals surface area contributed by atoms with E-state index in [1.54, 1.807) is 11.3 Å². The highest BCUT2D eigenvalue weighted by Gasteiger charge is 2.31. The summed E-state index contributed by atoms with van der Waals surface area (Å²) in [5.74, 6) is 1.78. The highest BCUT2D eigenvalue weighted by atomic mass is 32.2. The van der Waals surface area contributed by atoms with Crippen molar-refractivity contribution >= 4 is 37.2 Å². The molecule has 1 saturated heterocycles. The van der Waals surface area contributed by atoms with Crippen molar-refractivity contribution in [1.29, 1.82) is 0 Å². The van der Waals surface area contributed by atoms with Gasteiger partial charge < -0.3 is 5.32 Å². The van der Waals surface area contributed by atoms with E-state index in [4.69, 9.17) is 0 Å². The van der Waals surface area contributed by atoms with Gasteiger partial charge in [0.2, 0.25) is 0 Å². The number of thiophene rings is 1. The molecule has 0 aromatic carbocycles. The van der Waals surface area contributed by atoms with Crippen LogP contribution < -0.4 is 5.32 Å². The van der Waals surface area contributed by atoms with E-state index in [9.17, 15) is 8.42 Å². The Bertz CT molecular complexity index is 752. The van der Waals surface area contributed by atoms with Gasteiger partial charge in [-0.3, -0.25) is 0 Å². The molecule has 1 unspecified atom stereocenters. The van der Waals surface area contributed by atoms with E-state index >= 15 is 0 Å². The number of fused-ring (bicyclic) bond motifs is 1. The second-order valence-corrected chi connectivity index (χ2v) is 8.49. The maximum atomic E-state index is 11.9. The summed E-state index contributed by atoms with van der Waals surface area (Å²) in [6, 6.07) is 0. The molecular formula is C13H17N3O2S2. The number of hydrogen-bond donors (Lipinski definition) is 1. The third-order valence-corrected chi connectivity index (χ3v) is 6.96. The van der Waals surface area contributed by atoms with E-state index in [-0.39, 0.29) is 5.25 Å². The molecule has 0 aliphatic carbocycles. The van der Waals surface area contributed by atoms with E-state index in [0.717, 1.165) is 34.4 Å². The summed E-state index contributed by atoms with van der Waals surface area (Å²) in [5, 5.41) is 6.01. The first-order valence-corrected chi connectivity index (χ1v) is 9.25. The maximum absolute atomic E-state index is 11.9. The van der Waals surface area contributed by atoms with Crippen molar-refractivity contribution in [3.8, 4) is 0 Å². The Hall–Kier alpha value is -1.21. The minimum Gasteiger partial charge on any atom is -0.368 e. The lowest BCUT2D eigenvalue weighted by atomic mass is 10.2. The lowest BCUT2D eigenvalue weighted by Gasteiger charge is -2.12. The van der Waals surface area contributed by atoms with Crippen LogP contribution in [0.2, 0.25) is 0 Å². The van der Waals surface area contributed by atoms with Gasteiger partial charge in [-0.15, -0.1) is 11.3 Å². The summed E-state index contributed by atoms with van der Waals surface area (Å²) in [6.45, 7) is 4.31. The third-order valence-electron chi connectivity index (χ3n) is 3.69. The molecule has 0 bridgehead atoms. The number of anilines is 1. The Kier molecular flexibility index (Phi) is 3.41. The van der Waals surface area contributed by atoms with Gasteiger partial charge in [0.25, 0.3) is 0 Å². The molecule has 3 heterocycles. The molecule has 20 heavy (non-hydrogen) atoms. The number of aryl methyl sites for hydroxylation is 2. The zero-order valence-electron chi connectivity index (χ0n) is 11.5. The summed E-state index contributed by atoms with van der Waals surface area (Å²) < 4.78 is 23.7. The van der Waals surface area contributed by atoms with Crippen LogP contribution in [0.4, 0.5) is 5.82 Å². The van der Waals surface area contributed by atoms with Gasteiger partial charge in [-0.25, -0.2) is 18.4 Å². The van der Waals surface area contributed by atoms with Gasteiger partial charge in [0, 0.05) is 6.54 Å². The molecule has 108 valence electrons. The van der Waals surface area contributed by atoms with Crippen LogP contribution in [0.3, 0.4) is 0 Å². The van der Waals surface area contributed by atoms with E-state index in [2.05, 4.69) is 20.7 Å². The summed E-state index contributed by atoms with van der Waals surface area (Å²) >= 11 is 1.59. The van der Waals surface area contributed by atoms with Gasteiger partial charge in [-0.1, -0.05) is 0 Å². The molecular weight excluding hydrogens is 294 g/mol. The minimum absolute atomic E-state index is 0.285. The smallest absolute Gasteiger partial charge is 0.154 e. The van der Waals surface area contributed by atoms with Crippen LogP contribution in [-0.2, 0) is 9.84 Å². The number of sulfone groups is 1. The fourth-order valence-electron chi connectivity index (χ4n) is 2.62. The lowest BCUT2D eigenvalue weighted by molar-refractivity contribution is 0.591. The molecule has 1 aliphatic heterocycles. The Balaban J connectivity index is 1.89. The quantitative estimate of drug-likeness (QED) is 0.941. The first kappa shape index (κ1) is 13.8. The molecule has 2 aromatic rings. The van der Waals surface area contributed by atoms with Crippen LogP contribution in [0.25, 0.3) is 10.2 Å². The molecule has 1 fully saturated rings. The second-order valence-electron chi connectivity index (χ2n) is 5.23. The number of nitrogens with one attached hydrogen (secondary N) is 1. The zero-order valence-corrected chi connectivity index (χ0v) is 13.1. The van der Waals surface area contributed by atoms with Gasteiger partial charge >= 0.3 is 0 Å². The summed E-state index contributed by atoms with van der Waals surface area (Å²) in [5.41, 5.74) is 1.13. The standard InChI is InChI=1S/C13H17N3O2S2/c1-8-7-19-13-11(8)12(15-9(2)16-13)14-6-10-4-3-5-20(10,17)18/h7,10H,3-6H2,1-2H3,(H,14,15,16). The van der Waals surface area contributed by atoms with Gasteiger partial charge in [0.1, 0.15) is 16.5 Å². The number of nitrogens with zero attached hydrogens (tertiary/aromatic N) is 2. The van der Waals surface area contributed by atoms with E-state index < -0.39 is 9.84 Å². The van der Waals surface area contributed by atoms with E-state index in [0.29, 0.717) is 18.1 Å². The molecule has 0 spiro atoms. The normalized spacial score (nSPS) is 21.4.